The van der Waals surface area contributed by atoms with E-state index < -0.39 is 29.7 Å². The molecule has 182 valence electrons. The minimum atomic E-state index is -1.07. The van der Waals surface area contributed by atoms with Crippen LogP contribution in [0.15, 0.2) is 71.1 Å². The molecule has 2 aliphatic rings. The molecule has 1 N–H and O–H groups in total. The molecule has 2 aromatic carbocycles. The van der Waals surface area contributed by atoms with Crippen molar-refractivity contribution in [2.75, 3.05) is 21.3 Å². The van der Waals surface area contributed by atoms with Gasteiger partial charge in [-0.3, -0.25) is 9.59 Å². The van der Waals surface area contributed by atoms with Gasteiger partial charge in [0.1, 0.15) is 11.7 Å². The van der Waals surface area contributed by atoms with Gasteiger partial charge in [0.2, 0.25) is 0 Å². The van der Waals surface area contributed by atoms with E-state index in [9.17, 15) is 14.4 Å². The maximum atomic E-state index is 14.1. The third kappa shape index (κ3) is 4.44. The lowest BCUT2D eigenvalue weighted by Gasteiger charge is -2.39. The van der Waals surface area contributed by atoms with Crippen LogP contribution in [0, 0.1) is 5.92 Å². The molecule has 0 radical (unpaired) electrons. The second kappa shape index (κ2) is 9.96. The van der Waals surface area contributed by atoms with Gasteiger partial charge in [-0.1, -0.05) is 35.9 Å². The van der Waals surface area contributed by atoms with E-state index in [1.165, 1.54) is 14.2 Å². The molecule has 0 bridgehead atoms. The average molecular weight is 496 g/mol. The van der Waals surface area contributed by atoms with Crippen LogP contribution in [-0.4, -0.2) is 39.1 Å². The molecular weight excluding hydrogens is 470 g/mol. The second-order valence-corrected chi connectivity index (χ2v) is 8.92. The fraction of sp³-hybridized carbons (Fsp3) is 0.296. The molecule has 35 heavy (non-hydrogen) atoms. The molecule has 1 aliphatic carbocycles. The van der Waals surface area contributed by atoms with Gasteiger partial charge >= 0.3 is 11.9 Å². The first-order chi connectivity index (χ1) is 16.8. The minimum Gasteiger partial charge on any atom is -0.497 e. The van der Waals surface area contributed by atoms with Gasteiger partial charge in [-0.05, 0) is 48.7 Å². The van der Waals surface area contributed by atoms with Crippen molar-refractivity contribution in [1.82, 2.24) is 5.32 Å². The van der Waals surface area contributed by atoms with Crippen molar-refractivity contribution in [2.45, 2.75) is 25.2 Å². The van der Waals surface area contributed by atoms with Gasteiger partial charge in [0.05, 0.1) is 26.9 Å². The number of carbonyl (C=O) groups is 3. The van der Waals surface area contributed by atoms with E-state index >= 15 is 0 Å². The van der Waals surface area contributed by atoms with Crippen LogP contribution in [-0.2, 0) is 23.9 Å². The molecule has 1 heterocycles. The molecule has 0 spiro atoms. The van der Waals surface area contributed by atoms with E-state index in [0.29, 0.717) is 45.3 Å². The topological polar surface area (TPSA) is 90.9 Å². The number of methoxy groups -OCH3 is 3. The maximum Gasteiger partial charge on any atom is 0.336 e. The first-order valence-electron chi connectivity index (χ1n) is 11.1. The van der Waals surface area contributed by atoms with Crippen LogP contribution < -0.4 is 10.1 Å². The Bertz CT molecular complexity index is 1230. The molecule has 4 rings (SSSR count). The summed E-state index contributed by atoms with van der Waals surface area (Å²) < 4.78 is 15.4. The van der Waals surface area contributed by atoms with Gasteiger partial charge in [0.15, 0.2) is 5.78 Å². The number of dihydropyridines is 1. The Morgan fingerprint density at radius 2 is 1.57 bits per heavy atom. The van der Waals surface area contributed by atoms with Crippen molar-refractivity contribution in [3.05, 3.63) is 87.2 Å². The third-order valence-electron chi connectivity index (χ3n) is 6.63. The highest BCUT2D eigenvalue weighted by Crippen LogP contribution is 2.48. The minimum absolute atomic E-state index is 0.313. The Kier molecular flexibility index (Phi) is 6.98. The lowest BCUT2D eigenvalue weighted by Crippen LogP contribution is -2.43. The summed E-state index contributed by atoms with van der Waals surface area (Å²) in [5.74, 6) is -3.13. The summed E-state index contributed by atoms with van der Waals surface area (Å²) in [5, 5.41) is 3.79. The number of ketones is 1. The smallest absolute Gasteiger partial charge is 0.336 e. The van der Waals surface area contributed by atoms with Gasteiger partial charge in [0, 0.05) is 33.8 Å². The van der Waals surface area contributed by atoms with Gasteiger partial charge in [-0.25, -0.2) is 4.79 Å². The Morgan fingerprint density at radius 1 is 0.943 bits per heavy atom. The molecule has 8 heteroatoms. The number of esters is 2. The molecule has 0 saturated heterocycles. The molecule has 1 aliphatic heterocycles. The lowest BCUT2D eigenvalue weighted by molar-refractivity contribution is -0.150. The average Bonchev–Trinajstić information content (AvgIpc) is 2.87. The number of ether oxygens (including phenoxy) is 3. The zero-order chi connectivity index (χ0) is 25.3. The number of nitrogens with one attached hydrogen (secondary N) is 1. The Labute approximate surface area is 208 Å². The van der Waals surface area contributed by atoms with E-state index in [1.807, 2.05) is 12.1 Å². The predicted molar refractivity (Wildman–Crippen MR) is 130 cm³/mol. The van der Waals surface area contributed by atoms with Crippen LogP contribution >= 0.6 is 11.6 Å². The number of hydrogen-bond acceptors (Lipinski definition) is 7. The number of halogens is 1. The number of hydrogen-bond donors (Lipinski definition) is 1. The molecule has 3 unspecified atom stereocenters. The van der Waals surface area contributed by atoms with E-state index in [1.54, 1.807) is 50.4 Å². The molecule has 3 atom stereocenters. The Hall–Kier alpha value is -3.58. The summed E-state index contributed by atoms with van der Waals surface area (Å²) in [6.07, 6.45) is 0.378. The van der Waals surface area contributed by atoms with Crippen molar-refractivity contribution < 1.29 is 28.6 Å². The highest BCUT2D eigenvalue weighted by molar-refractivity contribution is 6.30. The summed E-state index contributed by atoms with van der Waals surface area (Å²) >= 11 is 6.10. The second-order valence-electron chi connectivity index (χ2n) is 8.48. The number of rotatable bonds is 5. The summed E-state index contributed by atoms with van der Waals surface area (Å²) in [5.41, 5.74) is 3.44. The van der Waals surface area contributed by atoms with E-state index in [0.717, 1.165) is 5.56 Å². The lowest BCUT2D eigenvalue weighted by atomic mass is 9.67. The fourth-order valence-electron chi connectivity index (χ4n) is 4.97. The summed E-state index contributed by atoms with van der Waals surface area (Å²) in [4.78, 5) is 39.9. The maximum absolute atomic E-state index is 14.1. The molecule has 0 saturated carbocycles. The molecule has 0 fully saturated rings. The predicted octanol–water partition coefficient (Wildman–Crippen LogP) is 4.28. The van der Waals surface area contributed by atoms with Gasteiger partial charge in [-0.2, -0.15) is 0 Å². The molecule has 7 nitrogen and oxygen atoms in total. The van der Waals surface area contributed by atoms with E-state index in [4.69, 9.17) is 25.8 Å². The van der Waals surface area contributed by atoms with Crippen molar-refractivity contribution in [3.63, 3.8) is 0 Å². The summed E-state index contributed by atoms with van der Waals surface area (Å²) in [6.45, 7) is 1.78. The molecule has 2 aromatic rings. The SMILES string of the molecule is COC(=O)C1=C(C)NC2=C(C(=O)C(C(=O)OC)C(c3ccc(OC)cc3)C2)C1c1ccc(Cl)cc1. The highest BCUT2D eigenvalue weighted by atomic mass is 35.5. The Balaban J connectivity index is 1.88. The zero-order valence-corrected chi connectivity index (χ0v) is 20.6. The van der Waals surface area contributed by atoms with Crippen LogP contribution in [0.1, 0.15) is 36.3 Å². The summed E-state index contributed by atoms with van der Waals surface area (Å²) in [6, 6.07) is 14.2. The van der Waals surface area contributed by atoms with Crippen molar-refractivity contribution >= 4 is 29.3 Å². The van der Waals surface area contributed by atoms with Crippen LogP contribution in [0.4, 0.5) is 0 Å². The van der Waals surface area contributed by atoms with Crippen molar-refractivity contribution in [1.29, 1.82) is 0 Å². The molecule has 0 amide bonds. The molecule has 0 aromatic heterocycles. The van der Waals surface area contributed by atoms with Gasteiger partial charge < -0.3 is 19.5 Å². The van der Waals surface area contributed by atoms with Gasteiger partial charge in [-0.15, -0.1) is 0 Å². The zero-order valence-electron chi connectivity index (χ0n) is 19.9. The van der Waals surface area contributed by atoms with Crippen LogP contribution in [0.25, 0.3) is 0 Å². The van der Waals surface area contributed by atoms with Crippen LogP contribution in [0.5, 0.6) is 5.75 Å². The van der Waals surface area contributed by atoms with Gasteiger partial charge in [0.25, 0.3) is 0 Å². The summed E-state index contributed by atoms with van der Waals surface area (Å²) in [7, 11) is 4.14. The third-order valence-corrected chi connectivity index (χ3v) is 6.88. The molecular formula is C27H26ClNO6. The first kappa shape index (κ1) is 24.5. The number of carbonyl (C=O) groups excluding carboxylic acids is 3. The number of benzene rings is 2. The normalized spacial score (nSPS) is 21.7. The standard InChI is InChI=1S/C27H26ClNO6/c1-14-21(26(31)34-3)22(16-5-9-17(28)10-6-16)24-20(29-14)13-19(23(25(24)30)27(32)35-4)15-7-11-18(33-2)12-8-15/h5-12,19,22-23,29H,13H2,1-4H3. The first-order valence-corrected chi connectivity index (χ1v) is 11.5. The number of allylic oxidation sites excluding steroid dienone is 3. The Morgan fingerprint density at radius 3 is 2.14 bits per heavy atom. The van der Waals surface area contributed by atoms with Crippen LogP contribution in [0.2, 0.25) is 5.02 Å². The largest absolute Gasteiger partial charge is 0.497 e. The van der Waals surface area contributed by atoms with Crippen molar-refractivity contribution in [3.8, 4) is 5.75 Å². The number of Topliss-reactive ketones (excluding diaryl/α,β-unsaturated/α-hetero) is 1. The van der Waals surface area contributed by atoms with Crippen molar-refractivity contribution in [2.24, 2.45) is 5.92 Å². The monoisotopic (exact) mass is 495 g/mol. The van der Waals surface area contributed by atoms with E-state index in [-0.39, 0.29) is 5.78 Å². The fourth-order valence-corrected chi connectivity index (χ4v) is 5.09. The van der Waals surface area contributed by atoms with Crippen LogP contribution in [0.3, 0.4) is 0 Å². The quantitative estimate of drug-likeness (QED) is 0.489. The van der Waals surface area contributed by atoms with E-state index in [2.05, 4.69) is 5.32 Å². The highest BCUT2D eigenvalue weighted by Gasteiger charge is 2.48.